The average molecular weight is 469 g/mol. The number of hydrogen-bond acceptors (Lipinski definition) is 6. The zero-order chi connectivity index (χ0) is 24.1. The molecule has 2 aromatic rings. The molecule has 0 amide bonds. The molecular formula is C27H36N2O5. The number of nitrogens with one attached hydrogen (secondary N) is 2. The molecule has 0 bridgehead atoms. The van der Waals surface area contributed by atoms with Crippen molar-refractivity contribution in [1.29, 1.82) is 0 Å². The van der Waals surface area contributed by atoms with E-state index in [-0.39, 0.29) is 0 Å². The first-order valence-electron chi connectivity index (χ1n) is 12.1. The Morgan fingerprint density at radius 3 is 2.32 bits per heavy atom. The molecule has 1 heterocycles. The van der Waals surface area contributed by atoms with Crippen LogP contribution in [0, 0.1) is 6.92 Å². The van der Waals surface area contributed by atoms with Gasteiger partial charge in [0.05, 0.1) is 14.2 Å². The number of anilines is 1. The van der Waals surface area contributed by atoms with E-state index in [1.807, 2.05) is 25.1 Å². The highest BCUT2D eigenvalue weighted by atomic mass is 16.5. The number of ether oxygens (including phenoxy) is 3. The van der Waals surface area contributed by atoms with Crippen LogP contribution < -0.4 is 20.1 Å². The Morgan fingerprint density at radius 2 is 1.74 bits per heavy atom. The summed E-state index contributed by atoms with van der Waals surface area (Å²) in [5, 5.41) is 17.0. The van der Waals surface area contributed by atoms with Crippen LogP contribution in [-0.2, 0) is 16.1 Å². The van der Waals surface area contributed by atoms with Crippen molar-refractivity contribution in [1.82, 2.24) is 5.32 Å². The highest BCUT2D eigenvalue weighted by Gasteiger charge is 2.40. The molecule has 1 aliphatic heterocycles. The first-order valence-corrected chi connectivity index (χ1v) is 12.1. The minimum atomic E-state index is -1.01. The number of carboxylic acid groups (broad SMARTS) is 1. The van der Waals surface area contributed by atoms with E-state index in [1.54, 1.807) is 14.2 Å². The lowest BCUT2D eigenvalue weighted by molar-refractivity contribution is -0.145. The van der Waals surface area contributed by atoms with Gasteiger partial charge in [-0.05, 0) is 60.7 Å². The molecule has 0 unspecified atom stereocenters. The lowest BCUT2D eigenvalue weighted by atomic mass is 9.89. The van der Waals surface area contributed by atoms with Crippen LogP contribution in [0.4, 0.5) is 5.69 Å². The summed E-state index contributed by atoms with van der Waals surface area (Å²) in [6.07, 6.45) is 5.80. The molecular weight excluding hydrogens is 432 g/mol. The van der Waals surface area contributed by atoms with Crippen molar-refractivity contribution in [2.24, 2.45) is 0 Å². The van der Waals surface area contributed by atoms with Crippen molar-refractivity contribution in [3.05, 3.63) is 41.5 Å². The van der Waals surface area contributed by atoms with E-state index in [9.17, 15) is 9.90 Å². The molecule has 184 valence electrons. The van der Waals surface area contributed by atoms with Gasteiger partial charge < -0.3 is 30.0 Å². The minimum Gasteiger partial charge on any atom is -0.496 e. The van der Waals surface area contributed by atoms with E-state index in [1.165, 1.54) is 25.7 Å². The van der Waals surface area contributed by atoms with Gasteiger partial charge >= 0.3 is 5.97 Å². The van der Waals surface area contributed by atoms with Crippen LogP contribution >= 0.6 is 0 Å². The molecule has 0 spiro atoms. The van der Waals surface area contributed by atoms with Gasteiger partial charge in [0.15, 0.2) is 0 Å². The Bertz CT molecular complexity index is 985. The first-order chi connectivity index (χ1) is 16.5. The fourth-order valence-corrected chi connectivity index (χ4v) is 5.11. The smallest absolute Gasteiger partial charge is 0.329 e. The molecule has 1 saturated heterocycles. The molecule has 34 heavy (non-hydrogen) atoms. The van der Waals surface area contributed by atoms with Crippen LogP contribution in [0.25, 0.3) is 11.1 Å². The SMILES string of the molecule is COc1cc(-c2ccc(NC3(C(=O)O)CCOCC3)cc2CNC2CCCC2)cc(OC)c1C. The highest BCUT2D eigenvalue weighted by Crippen LogP contribution is 2.37. The topological polar surface area (TPSA) is 89.1 Å². The third-order valence-electron chi connectivity index (χ3n) is 7.24. The number of aliphatic carboxylic acids is 1. The molecule has 2 aromatic carbocycles. The second-order valence-electron chi connectivity index (χ2n) is 9.36. The minimum absolute atomic E-state index is 0.437. The maximum absolute atomic E-state index is 12.2. The van der Waals surface area contributed by atoms with E-state index >= 15 is 0 Å². The molecule has 1 saturated carbocycles. The van der Waals surface area contributed by atoms with Gasteiger partial charge in [-0.25, -0.2) is 4.79 Å². The second-order valence-corrected chi connectivity index (χ2v) is 9.36. The van der Waals surface area contributed by atoms with Gasteiger partial charge in [-0.15, -0.1) is 0 Å². The summed E-state index contributed by atoms with van der Waals surface area (Å²) in [5.74, 6) is 0.718. The number of methoxy groups -OCH3 is 2. The molecule has 0 aromatic heterocycles. The summed E-state index contributed by atoms with van der Waals surface area (Å²) in [4.78, 5) is 12.2. The molecule has 0 radical (unpaired) electrons. The molecule has 0 atom stereocenters. The van der Waals surface area contributed by atoms with Crippen LogP contribution in [-0.4, -0.2) is 50.1 Å². The highest BCUT2D eigenvalue weighted by molar-refractivity contribution is 5.83. The van der Waals surface area contributed by atoms with Crippen molar-refractivity contribution in [2.45, 2.75) is 63.6 Å². The number of rotatable bonds is 9. The monoisotopic (exact) mass is 468 g/mol. The summed E-state index contributed by atoms with van der Waals surface area (Å²) in [6.45, 7) is 3.57. The molecule has 1 aliphatic carbocycles. The van der Waals surface area contributed by atoms with Crippen LogP contribution in [0.15, 0.2) is 30.3 Å². The van der Waals surface area contributed by atoms with Crippen molar-refractivity contribution >= 4 is 11.7 Å². The predicted molar refractivity (Wildman–Crippen MR) is 133 cm³/mol. The molecule has 2 fully saturated rings. The van der Waals surface area contributed by atoms with Gasteiger partial charge in [-0.2, -0.15) is 0 Å². The molecule has 3 N–H and O–H groups in total. The lowest BCUT2D eigenvalue weighted by Crippen LogP contribution is -2.50. The predicted octanol–water partition coefficient (Wildman–Crippen LogP) is 4.76. The first kappa shape index (κ1) is 24.4. The van der Waals surface area contributed by atoms with E-state index in [4.69, 9.17) is 14.2 Å². The maximum Gasteiger partial charge on any atom is 0.329 e. The summed E-state index contributed by atoms with van der Waals surface area (Å²) in [7, 11) is 3.33. The number of carboxylic acids is 1. The Morgan fingerprint density at radius 1 is 1.09 bits per heavy atom. The number of benzene rings is 2. The van der Waals surface area contributed by atoms with Gasteiger partial charge in [0.25, 0.3) is 0 Å². The fourth-order valence-electron chi connectivity index (χ4n) is 5.11. The van der Waals surface area contributed by atoms with Gasteiger partial charge in [0.2, 0.25) is 0 Å². The molecule has 7 heteroatoms. The van der Waals surface area contributed by atoms with E-state index in [2.05, 4.69) is 22.8 Å². The van der Waals surface area contributed by atoms with E-state index in [0.29, 0.717) is 38.6 Å². The Labute approximate surface area is 201 Å². The number of hydrogen-bond donors (Lipinski definition) is 3. The van der Waals surface area contributed by atoms with Gasteiger partial charge in [-0.3, -0.25) is 0 Å². The largest absolute Gasteiger partial charge is 0.496 e. The van der Waals surface area contributed by atoms with Gasteiger partial charge in [0.1, 0.15) is 17.0 Å². The summed E-state index contributed by atoms with van der Waals surface area (Å²) in [5.41, 5.74) is 3.95. The van der Waals surface area contributed by atoms with Crippen molar-refractivity contribution in [3.63, 3.8) is 0 Å². The quantitative estimate of drug-likeness (QED) is 0.489. The van der Waals surface area contributed by atoms with Gasteiger partial charge in [-0.1, -0.05) is 18.9 Å². The summed E-state index contributed by atoms with van der Waals surface area (Å²) in [6, 6.07) is 10.7. The third kappa shape index (κ3) is 5.15. The van der Waals surface area contributed by atoms with Gasteiger partial charge in [0, 0.05) is 49.9 Å². The Kier molecular flexibility index (Phi) is 7.63. The third-order valence-corrected chi connectivity index (χ3v) is 7.24. The normalized spacial score (nSPS) is 18.0. The molecule has 4 rings (SSSR count). The molecule has 7 nitrogen and oxygen atoms in total. The van der Waals surface area contributed by atoms with Crippen LogP contribution in [0.1, 0.15) is 49.7 Å². The maximum atomic E-state index is 12.2. The van der Waals surface area contributed by atoms with Crippen molar-refractivity contribution < 1.29 is 24.1 Å². The molecule has 2 aliphatic rings. The van der Waals surface area contributed by atoms with E-state index < -0.39 is 11.5 Å². The summed E-state index contributed by atoms with van der Waals surface area (Å²) >= 11 is 0. The van der Waals surface area contributed by atoms with Crippen LogP contribution in [0.3, 0.4) is 0 Å². The zero-order valence-electron chi connectivity index (χ0n) is 20.4. The lowest BCUT2D eigenvalue weighted by Gasteiger charge is -2.35. The Hall–Kier alpha value is -2.77. The zero-order valence-corrected chi connectivity index (χ0v) is 20.4. The fraction of sp³-hybridized carbons (Fsp3) is 0.519. The standard InChI is InChI=1S/C27H36N2O5/c1-18-24(32-2)15-19(16-25(18)33-3)23-9-8-22(14-20(23)17-28-21-6-4-5-7-21)29-27(26(30)31)10-12-34-13-11-27/h8-9,14-16,21,28-29H,4-7,10-13,17H2,1-3H3,(H,30,31). The number of carbonyl (C=O) groups is 1. The van der Waals surface area contributed by atoms with Crippen molar-refractivity contribution in [3.8, 4) is 22.6 Å². The van der Waals surface area contributed by atoms with Crippen LogP contribution in [0.5, 0.6) is 11.5 Å². The average Bonchev–Trinajstić information content (AvgIpc) is 3.37. The Balaban J connectivity index is 1.70. The second kappa shape index (κ2) is 10.7. The summed E-state index contributed by atoms with van der Waals surface area (Å²) < 4.78 is 16.6. The van der Waals surface area contributed by atoms with Crippen molar-refractivity contribution in [2.75, 3.05) is 32.8 Å². The van der Waals surface area contributed by atoms with Crippen LogP contribution in [0.2, 0.25) is 0 Å². The van der Waals surface area contributed by atoms with E-state index in [0.717, 1.165) is 39.4 Å².